The van der Waals surface area contributed by atoms with Gasteiger partial charge < -0.3 is 19.5 Å². The fraction of sp³-hybridized carbons (Fsp3) is 0.0870. The minimum absolute atomic E-state index is 0.396. The molecule has 0 saturated heterocycles. The normalized spacial score (nSPS) is 11.7. The van der Waals surface area contributed by atoms with Crippen molar-refractivity contribution in [2.24, 2.45) is 0 Å². The first-order chi connectivity index (χ1) is 14.6. The molecule has 30 heavy (non-hydrogen) atoms. The summed E-state index contributed by atoms with van der Waals surface area (Å²) in [6.45, 7) is 1.95. The van der Waals surface area contributed by atoms with Gasteiger partial charge in [0, 0.05) is 11.6 Å². The van der Waals surface area contributed by atoms with Crippen LogP contribution in [0, 0.1) is 6.92 Å². The van der Waals surface area contributed by atoms with E-state index in [-0.39, 0.29) is 0 Å². The van der Waals surface area contributed by atoms with Crippen LogP contribution in [0.4, 0.5) is 5.82 Å². The second kappa shape index (κ2) is 7.04. The molecule has 0 aliphatic carbocycles. The summed E-state index contributed by atoms with van der Waals surface area (Å²) < 4.78 is 13.3. The predicted molar refractivity (Wildman–Crippen MR) is 118 cm³/mol. The van der Waals surface area contributed by atoms with E-state index in [1.54, 1.807) is 19.5 Å². The van der Waals surface area contributed by atoms with E-state index in [4.69, 9.17) is 14.9 Å². The molecular weight excluding hydrogens is 378 g/mol. The fourth-order valence-corrected chi connectivity index (χ4v) is 3.48. The summed E-state index contributed by atoms with van der Waals surface area (Å²) >= 11 is 0. The molecule has 0 atom stereocenters. The zero-order valence-corrected chi connectivity index (χ0v) is 16.5. The number of nitrogen functional groups attached to an aromatic ring is 1. The SMILES string of the molecule is COc1cc(/C=C/c2nc(N)c3c(n2)oc2ccccc23)ccc1-n1cnc(C)c1. The fourth-order valence-electron chi connectivity index (χ4n) is 3.48. The van der Waals surface area contributed by atoms with Crippen molar-refractivity contribution in [2.75, 3.05) is 12.8 Å². The standard InChI is InChI=1S/C23H19N5O2/c1-14-12-28(13-25-14)17-9-7-15(11-19(17)29-2)8-10-20-26-22(24)21-16-5-3-4-6-18(16)30-23(21)27-20/h3-13H,1-2H3,(H2,24,26,27)/b10-8+. The number of benzene rings is 2. The van der Waals surface area contributed by atoms with Crippen LogP contribution in [-0.4, -0.2) is 26.6 Å². The molecule has 2 aromatic carbocycles. The zero-order chi connectivity index (χ0) is 20.7. The van der Waals surface area contributed by atoms with Gasteiger partial charge in [0.05, 0.1) is 30.2 Å². The molecule has 0 amide bonds. The monoisotopic (exact) mass is 397 g/mol. The van der Waals surface area contributed by atoms with Gasteiger partial charge in [-0.15, -0.1) is 0 Å². The predicted octanol–water partition coefficient (Wildman–Crippen LogP) is 4.63. The van der Waals surface area contributed by atoms with Crippen molar-refractivity contribution in [3.63, 3.8) is 0 Å². The van der Waals surface area contributed by atoms with E-state index in [1.807, 2.05) is 66.2 Å². The van der Waals surface area contributed by atoms with Crippen LogP contribution in [-0.2, 0) is 0 Å². The Kier molecular flexibility index (Phi) is 4.21. The first kappa shape index (κ1) is 17.9. The molecule has 0 radical (unpaired) electrons. The highest BCUT2D eigenvalue weighted by atomic mass is 16.5. The van der Waals surface area contributed by atoms with Gasteiger partial charge in [0.2, 0.25) is 5.71 Å². The lowest BCUT2D eigenvalue weighted by molar-refractivity contribution is 0.413. The molecule has 0 aliphatic heterocycles. The molecular formula is C23H19N5O2. The molecule has 3 heterocycles. The number of para-hydroxylation sites is 1. The Morgan fingerprint density at radius 2 is 1.97 bits per heavy atom. The van der Waals surface area contributed by atoms with Gasteiger partial charge in [0.25, 0.3) is 0 Å². The third-order valence-corrected chi connectivity index (χ3v) is 4.90. The van der Waals surface area contributed by atoms with E-state index in [0.29, 0.717) is 17.4 Å². The summed E-state index contributed by atoms with van der Waals surface area (Å²) in [4.78, 5) is 13.2. The summed E-state index contributed by atoms with van der Waals surface area (Å²) in [5, 5.41) is 1.65. The third kappa shape index (κ3) is 3.06. The van der Waals surface area contributed by atoms with Crippen molar-refractivity contribution in [1.82, 2.24) is 19.5 Å². The van der Waals surface area contributed by atoms with Crippen molar-refractivity contribution in [2.45, 2.75) is 6.92 Å². The number of fused-ring (bicyclic) bond motifs is 3. The van der Waals surface area contributed by atoms with Gasteiger partial charge in [0.1, 0.15) is 17.2 Å². The first-order valence-corrected chi connectivity index (χ1v) is 9.44. The minimum Gasteiger partial charge on any atom is -0.495 e. The Bertz CT molecular complexity index is 1410. The second-order valence-electron chi connectivity index (χ2n) is 6.93. The molecule has 0 unspecified atom stereocenters. The van der Waals surface area contributed by atoms with Crippen molar-refractivity contribution in [3.05, 3.63) is 72.1 Å². The van der Waals surface area contributed by atoms with Crippen molar-refractivity contribution in [1.29, 1.82) is 0 Å². The number of aromatic nitrogens is 4. The maximum atomic E-state index is 6.19. The van der Waals surface area contributed by atoms with Crippen LogP contribution in [0.3, 0.4) is 0 Å². The summed E-state index contributed by atoms with van der Waals surface area (Å²) in [5.41, 5.74) is 10.2. The van der Waals surface area contributed by atoms with Crippen LogP contribution < -0.4 is 10.5 Å². The number of hydrogen-bond acceptors (Lipinski definition) is 6. The highest BCUT2D eigenvalue weighted by molar-refractivity contribution is 6.08. The highest BCUT2D eigenvalue weighted by Crippen LogP contribution is 2.31. The number of imidazole rings is 1. The molecule has 0 spiro atoms. The van der Waals surface area contributed by atoms with E-state index in [0.717, 1.165) is 39.0 Å². The highest BCUT2D eigenvalue weighted by Gasteiger charge is 2.13. The smallest absolute Gasteiger partial charge is 0.233 e. The van der Waals surface area contributed by atoms with Gasteiger partial charge in [-0.25, -0.2) is 9.97 Å². The Balaban J connectivity index is 1.50. The molecule has 0 bridgehead atoms. The van der Waals surface area contributed by atoms with Crippen molar-refractivity contribution in [3.8, 4) is 11.4 Å². The molecule has 0 fully saturated rings. The van der Waals surface area contributed by atoms with E-state index in [2.05, 4.69) is 15.0 Å². The number of ether oxygens (including phenoxy) is 1. The topological polar surface area (TPSA) is 92.0 Å². The van der Waals surface area contributed by atoms with Crippen LogP contribution in [0.5, 0.6) is 5.75 Å². The number of aryl methyl sites for hydroxylation is 1. The van der Waals surface area contributed by atoms with E-state index in [9.17, 15) is 0 Å². The molecule has 0 saturated carbocycles. The second-order valence-corrected chi connectivity index (χ2v) is 6.93. The molecule has 7 nitrogen and oxygen atoms in total. The Morgan fingerprint density at radius 1 is 1.10 bits per heavy atom. The number of furan rings is 1. The van der Waals surface area contributed by atoms with Gasteiger partial charge in [-0.05, 0) is 36.8 Å². The first-order valence-electron chi connectivity index (χ1n) is 9.44. The van der Waals surface area contributed by atoms with E-state index in [1.165, 1.54) is 0 Å². The quantitative estimate of drug-likeness (QED) is 0.475. The van der Waals surface area contributed by atoms with E-state index >= 15 is 0 Å². The molecule has 148 valence electrons. The molecule has 2 N–H and O–H groups in total. The molecule has 3 aromatic heterocycles. The summed E-state index contributed by atoms with van der Waals surface area (Å²) in [6, 6.07) is 13.6. The average Bonchev–Trinajstić information content (AvgIpc) is 3.35. The van der Waals surface area contributed by atoms with Crippen LogP contribution in [0.15, 0.2) is 59.4 Å². The number of anilines is 1. The summed E-state index contributed by atoms with van der Waals surface area (Å²) in [7, 11) is 1.65. The largest absolute Gasteiger partial charge is 0.495 e. The van der Waals surface area contributed by atoms with Gasteiger partial charge in [0.15, 0.2) is 5.82 Å². The Morgan fingerprint density at radius 3 is 2.77 bits per heavy atom. The number of hydrogen-bond donors (Lipinski definition) is 1. The average molecular weight is 397 g/mol. The van der Waals surface area contributed by atoms with Crippen LogP contribution in [0.25, 0.3) is 39.9 Å². The van der Waals surface area contributed by atoms with Gasteiger partial charge >= 0.3 is 0 Å². The Hall–Kier alpha value is -4.13. The van der Waals surface area contributed by atoms with Crippen LogP contribution in [0.1, 0.15) is 17.1 Å². The van der Waals surface area contributed by atoms with Crippen LogP contribution in [0.2, 0.25) is 0 Å². The lowest BCUT2D eigenvalue weighted by Gasteiger charge is -2.09. The molecule has 5 rings (SSSR count). The molecule has 5 aromatic rings. The maximum absolute atomic E-state index is 6.19. The van der Waals surface area contributed by atoms with Gasteiger partial charge in [-0.1, -0.05) is 30.3 Å². The third-order valence-electron chi connectivity index (χ3n) is 4.90. The van der Waals surface area contributed by atoms with Gasteiger partial charge in [-0.2, -0.15) is 4.98 Å². The zero-order valence-electron chi connectivity index (χ0n) is 16.5. The number of rotatable bonds is 4. The molecule has 7 heteroatoms. The molecule has 0 aliphatic rings. The Labute approximate surface area is 172 Å². The lowest BCUT2D eigenvalue weighted by atomic mass is 10.1. The van der Waals surface area contributed by atoms with Gasteiger partial charge in [-0.3, -0.25) is 0 Å². The summed E-state index contributed by atoms with van der Waals surface area (Å²) in [6.07, 6.45) is 7.43. The van der Waals surface area contributed by atoms with Crippen molar-refractivity contribution >= 4 is 40.0 Å². The number of nitrogens with two attached hydrogens (primary N) is 1. The number of methoxy groups -OCH3 is 1. The van der Waals surface area contributed by atoms with Crippen molar-refractivity contribution < 1.29 is 9.15 Å². The minimum atomic E-state index is 0.396. The van der Waals surface area contributed by atoms with Crippen LogP contribution >= 0.6 is 0 Å². The lowest BCUT2D eigenvalue weighted by Crippen LogP contribution is -1.96. The maximum Gasteiger partial charge on any atom is 0.233 e. The van der Waals surface area contributed by atoms with E-state index < -0.39 is 0 Å². The number of nitrogens with zero attached hydrogens (tertiary/aromatic N) is 4. The summed E-state index contributed by atoms with van der Waals surface area (Å²) in [5.74, 6) is 1.61.